The minimum atomic E-state index is -0.601. The molecule has 3 N–H and O–H groups in total. The van der Waals surface area contributed by atoms with Crippen LogP contribution in [0.25, 0.3) is 0 Å². The molecule has 1 aliphatic carbocycles. The van der Waals surface area contributed by atoms with Crippen LogP contribution in [0.5, 0.6) is 0 Å². The lowest BCUT2D eigenvalue weighted by atomic mass is 10.1. The maximum Gasteiger partial charge on any atom is 0.411 e. The Kier molecular flexibility index (Phi) is 5.28. The Balaban J connectivity index is 1.99. The number of ether oxygens (including phenoxy) is 1. The molecule has 0 radical (unpaired) electrons. The first-order valence-corrected chi connectivity index (χ1v) is 7.97. The third-order valence-electron chi connectivity index (χ3n) is 3.98. The van der Waals surface area contributed by atoms with E-state index in [4.69, 9.17) is 4.74 Å². The highest BCUT2D eigenvalue weighted by Gasteiger charge is 2.37. The van der Waals surface area contributed by atoms with E-state index in [9.17, 15) is 14.7 Å². The van der Waals surface area contributed by atoms with E-state index in [1.165, 1.54) is 4.90 Å². The van der Waals surface area contributed by atoms with Crippen LogP contribution in [0.3, 0.4) is 0 Å². The summed E-state index contributed by atoms with van der Waals surface area (Å²) in [6.07, 6.45) is 1.44. The van der Waals surface area contributed by atoms with Crippen molar-refractivity contribution in [2.75, 3.05) is 19.6 Å². The fraction of sp³-hybridized carbons (Fsp3) is 0.867. The minimum Gasteiger partial charge on any atom is -0.444 e. The van der Waals surface area contributed by atoms with Crippen molar-refractivity contribution in [2.45, 2.75) is 63.8 Å². The first-order chi connectivity index (χ1) is 10.3. The fourth-order valence-corrected chi connectivity index (χ4v) is 2.87. The molecule has 7 nitrogen and oxygen atoms in total. The average molecular weight is 313 g/mol. The van der Waals surface area contributed by atoms with Crippen molar-refractivity contribution in [3.8, 4) is 0 Å². The Morgan fingerprint density at radius 1 is 1.32 bits per heavy atom. The molecule has 1 saturated carbocycles. The van der Waals surface area contributed by atoms with Gasteiger partial charge in [-0.3, -0.25) is 9.69 Å². The molecule has 2 fully saturated rings. The molecular formula is C15H27N3O4. The predicted molar refractivity (Wildman–Crippen MR) is 81.4 cm³/mol. The molecule has 7 heteroatoms. The molecular weight excluding hydrogens is 286 g/mol. The summed E-state index contributed by atoms with van der Waals surface area (Å²) in [6.45, 7) is 6.87. The largest absolute Gasteiger partial charge is 0.444 e. The van der Waals surface area contributed by atoms with Gasteiger partial charge < -0.3 is 20.5 Å². The smallest absolute Gasteiger partial charge is 0.411 e. The first-order valence-electron chi connectivity index (χ1n) is 7.97. The molecule has 1 unspecified atom stereocenters. The molecule has 126 valence electrons. The van der Waals surface area contributed by atoms with Crippen LogP contribution in [0.4, 0.5) is 4.79 Å². The van der Waals surface area contributed by atoms with Crippen LogP contribution in [0.1, 0.15) is 40.0 Å². The van der Waals surface area contributed by atoms with E-state index < -0.39 is 23.8 Å². The number of rotatable bonds is 2. The van der Waals surface area contributed by atoms with Crippen LogP contribution in [0, 0.1) is 0 Å². The zero-order valence-corrected chi connectivity index (χ0v) is 13.6. The van der Waals surface area contributed by atoms with Gasteiger partial charge in [0, 0.05) is 19.6 Å². The molecule has 0 aromatic rings. The number of amides is 2. The van der Waals surface area contributed by atoms with Crippen LogP contribution in [0.15, 0.2) is 0 Å². The highest BCUT2D eigenvalue weighted by atomic mass is 16.6. The van der Waals surface area contributed by atoms with Gasteiger partial charge in [0.15, 0.2) is 0 Å². The number of hydrogen-bond donors (Lipinski definition) is 3. The number of nitrogens with one attached hydrogen (secondary N) is 2. The van der Waals surface area contributed by atoms with E-state index in [1.807, 2.05) is 0 Å². The van der Waals surface area contributed by atoms with Crippen LogP contribution < -0.4 is 10.6 Å². The molecule has 22 heavy (non-hydrogen) atoms. The van der Waals surface area contributed by atoms with Gasteiger partial charge >= 0.3 is 6.09 Å². The van der Waals surface area contributed by atoms with E-state index in [0.29, 0.717) is 26.1 Å². The molecule has 0 spiro atoms. The quantitative estimate of drug-likeness (QED) is 0.679. The lowest BCUT2D eigenvalue weighted by Crippen LogP contribution is -2.61. The van der Waals surface area contributed by atoms with E-state index in [0.717, 1.165) is 12.8 Å². The Morgan fingerprint density at radius 2 is 2.05 bits per heavy atom. The van der Waals surface area contributed by atoms with Crippen molar-refractivity contribution < 1.29 is 19.4 Å². The SMILES string of the molecule is CC(C)(C)OC(=O)N1CCNCC1C(=O)N[C@H]1CCC[C@@H]1O. The molecule has 0 aromatic heterocycles. The van der Waals surface area contributed by atoms with E-state index in [2.05, 4.69) is 10.6 Å². The number of nitrogens with zero attached hydrogens (tertiary/aromatic N) is 1. The van der Waals surface area contributed by atoms with Crippen LogP contribution in [-0.2, 0) is 9.53 Å². The van der Waals surface area contributed by atoms with Crippen molar-refractivity contribution in [2.24, 2.45) is 0 Å². The maximum atomic E-state index is 12.5. The second-order valence-electron chi connectivity index (χ2n) is 7.01. The normalized spacial score (nSPS) is 29.3. The molecule has 3 atom stereocenters. The zero-order chi connectivity index (χ0) is 16.3. The summed E-state index contributed by atoms with van der Waals surface area (Å²) in [5.74, 6) is -0.232. The lowest BCUT2D eigenvalue weighted by Gasteiger charge is -2.36. The third-order valence-corrected chi connectivity index (χ3v) is 3.98. The van der Waals surface area contributed by atoms with E-state index in [-0.39, 0.29) is 11.9 Å². The lowest BCUT2D eigenvalue weighted by molar-refractivity contribution is -0.128. The fourth-order valence-electron chi connectivity index (χ4n) is 2.87. The third kappa shape index (κ3) is 4.33. The number of hydrogen-bond acceptors (Lipinski definition) is 5. The van der Waals surface area contributed by atoms with Gasteiger partial charge in [-0.15, -0.1) is 0 Å². The highest BCUT2D eigenvalue weighted by Crippen LogP contribution is 2.19. The Morgan fingerprint density at radius 3 is 2.64 bits per heavy atom. The van der Waals surface area contributed by atoms with Crippen molar-refractivity contribution in [3.05, 3.63) is 0 Å². The first kappa shape index (κ1) is 17.0. The molecule has 1 heterocycles. The Hall–Kier alpha value is -1.34. The highest BCUT2D eigenvalue weighted by molar-refractivity contribution is 5.86. The van der Waals surface area contributed by atoms with Gasteiger partial charge in [0.05, 0.1) is 12.1 Å². The van der Waals surface area contributed by atoms with Crippen LogP contribution >= 0.6 is 0 Å². The number of carbonyl (C=O) groups is 2. The number of piperazine rings is 1. The van der Waals surface area contributed by atoms with Crippen molar-refractivity contribution in [3.63, 3.8) is 0 Å². The van der Waals surface area contributed by atoms with Crippen LogP contribution in [0.2, 0.25) is 0 Å². The van der Waals surface area contributed by atoms with Gasteiger partial charge in [0.2, 0.25) is 5.91 Å². The monoisotopic (exact) mass is 313 g/mol. The molecule has 1 aliphatic heterocycles. The standard InChI is InChI=1S/C15H27N3O4/c1-15(2,3)22-14(21)18-8-7-16-9-11(18)13(20)17-10-5-4-6-12(10)19/h10-12,16,19H,4-9H2,1-3H3,(H,17,20)/t10-,11?,12-/m0/s1. The summed E-state index contributed by atoms with van der Waals surface area (Å²) in [5, 5.41) is 15.8. The van der Waals surface area contributed by atoms with Crippen molar-refractivity contribution in [1.29, 1.82) is 0 Å². The summed E-state index contributed by atoms with van der Waals surface area (Å²) in [7, 11) is 0. The molecule has 0 aromatic carbocycles. The topological polar surface area (TPSA) is 90.9 Å². The molecule has 0 bridgehead atoms. The second kappa shape index (κ2) is 6.83. The van der Waals surface area contributed by atoms with Gasteiger partial charge in [-0.05, 0) is 40.0 Å². The van der Waals surface area contributed by atoms with Gasteiger partial charge in [-0.1, -0.05) is 0 Å². The minimum absolute atomic E-state index is 0.213. The van der Waals surface area contributed by atoms with Gasteiger partial charge in [-0.25, -0.2) is 4.79 Å². The van der Waals surface area contributed by atoms with Gasteiger partial charge in [-0.2, -0.15) is 0 Å². The molecule has 1 saturated heterocycles. The maximum absolute atomic E-state index is 12.5. The number of carbonyl (C=O) groups excluding carboxylic acids is 2. The zero-order valence-electron chi connectivity index (χ0n) is 13.6. The number of aliphatic hydroxyl groups excluding tert-OH is 1. The van der Waals surface area contributed by atoms with Crippen molar-refractivity contribution >= 4 is 12.0 Å². The number of aliphatic hydroxyl groups is 1. The van der Waals surface area contributed by atoms with Crippen molar-refractivity contribution in [1.82, 2.24) is 15.5 Å². The van der Waals surface area contributed by atoms with Gasteiger partial charge in [0.25, 0.3) is 0 Å². The molecule has 2 aliphatic rings. The Labute approximate surface area is 131 Å². The summed E-state index contributed by atoms with van der Waals surface area (Å²) >= 11 is 0. The molecule has 2 rings (SSSR count). The van der Waals surface area contributed by atoms with Crippen LogP contribution in [-0.4, -0.2) is 65.4 Å². The molecule has 2 amide bonds. The summed E-state index contributed by atoms with van der Waals surface area (Å²) in [4.78, 5) is 26.2. The van der Waals surface area contributed by atoms with E-state index in [1.54, 1.807) is 20.8 Å². The summed E-state index contributed by atoms with van der Waals surface area (Å²) < 4.78 is 5.38. The summed E-state index contributed by atoms with van der Waals surface area (Å²) in [5.41, 5.74) is -0.593. The average Bonchev–Trinajstić information content (AvgIpc) is 2.82. The predicted octanol–water partition coefficient (Wildman–Crippen LogP) is 0.225. The second-order valence-corrected chi connectivity index (χ2v) is 7.01. The Bertz CT molecular complexity index is 422. The van der Waals surface area contributed by atoms with E-state index >= 15 is 0 Å². The summed E-state index contributed by atoms with van der Waals surface area (Å²) in [6, 6.07) is -0.814. The van der Waals surface area contributed by atoms with Gasteiger partial charge in [0.1, 0.15) is 11.6 Å².